The molecule has 0 unspecified atom stereocenters. The van der Waals surface area contributed by atoms with Crippen molar-refractivity contribution in [3.8, 4) is 0 Å². The molecule has 1 rings (SSSR count). The summed E-state index contributed by atoms with van der Waals surface area (Å²) in [7, 11) is 0. The second-order valence-corrected chi connectivity index (χ2v) is 5.38. The molecule has 0 atom stereocenters. The zero-order valence-electron chi connectivity index (χ0n) is 11.5. The number of unbranched alkanes of at least 4 members (excludes halogenated alkanes) is 2. The Bertz CT molecular complexity index is 205. The zero-order valence-corrected chi connectivity index (χ0v) is 11.5. The Hall–Kier alpha value is -0.530. The van der Waals surface area contributed by atoms with Gasteiger partial charge >= 0.3 is 5.97 Å². The van der Waals surface area contributed by atoms with E-state index in [1.165, 1.54) is 38.5 Å². The van der Waals surface area contributed by atoms with Crippen molar-refractivity contribution >= 4 is 5.97 Å². The number of ether oxygens (including phenoxy) is 1. The summed E-state index contributed by atoms with van der Waals surface area (Å²) >= 11 is 0. The van der Waals surface area contributed by atoms with E-state index in [4.69, 9.17) is 4.74 Å². The van der Waals surface area contributed by atoms with E-state index in [9.17, 15) is 4.79 Å². The number of carbonyl (C=O) groups is 1. The minimum Gasteiger partial charge on any atom is -0.462 e. The highest BCUT2D eigenvalue weighted by atomic mass is 16.5. The molecule has 1 fully saturated rings. The van der Waals surface area contributed by atoms with Gasteiger partial charge in [-0.05, 0) is 38.0 Å². The van der Waals surface area contributed by atoms with Crippen LogP contribution in [-0.4, -0.2) is 12.1 Å². The van der Waals surface area contributed by atoms with E-state index in [0.717, 1.165) is 25.2 Å². The van der Waals surface area contributed by atoms with E-state index in [-0.39, 0.29) is 12.1 Å². The van der Waals surface area contributed by atoms with Gasteiger partial charge in [0.15, 0.2) is 0 Å². The van der Waals surface area contributed by atoms with Gasteiger partial charge in [0.05, 0.1) is 0 Å². The summed E-state index contributed by atoms with van der Waals surface area (Å²) in [5.41, 5.74) is 0. The van der Waals surface area contributed by atoms with E-state index in [1.807, 2.05) is 6.92 Å². The van der Waals surface area contributed by atoms with Crippen LogP contribution in [-0.2, 0) is 9.53 Å². The molecule has 100 valence electrons. The Morgan fingerprint density at radius 2 is 1.76 bits per heavy atom. The average molecular weight is 240 g/mol. The molecule has 2 nitrogen and oxygen atoms in total. The van der Waals surface area contributed by atoms with Gasteiger partial charge < -0.3 is 4.74 Å². The molecule has 1 saturated carbocycles. The summed E-state index contributed by atoms with van der Waals surface area (Å²) in [4.78, 5) is 11.4. The maximum atomic E-state index is 11.4. The third kappa shape index (κ3) is 6.09. The van der Waals surface area contributed by atoms with Crippen molar-refractivity contribution in [2.24, 2.45) is 5.92 Å². The van der Waals surface area contributed by atoms with Crippen LogP contribution in [0.1, 0.15) is 78.1 Å². The van der Waals surface area contributed by atoms with Crippen LogP contribution in [0, 0.1) is 5.92 Å². The Kier molecular flexibility index (Phi) is 7.30. The topological polar surface area (TPSA) is 26.3 Å². The molecular formula is C15H28O2. The summed E-state index contributed by atoms with van der Waals surface area (Å²) in [5.74, 6) is 0.893. The van der Waals surface area contributed by atoms with Gasteiger partial charge in [-0.2, -0.15) is 0 Å². The Balaban J connectivity index is 2.10. The molecule has 0 N–H and O–H groups in total. The molecule has 0 aromatic rings. The third-order valence-electron chi connectivity index (χ3n) is 3.76. The van der Waals surface area contributed by atoms with Crippen molar-refractivity contribution in [3.05, 3.63) is 0 Å². The largest absolute Gasteiger partial charge is 0.462 e. The fraction of sp³-hybridized carbons (Fsp3) is 0.933. The molecule has 0 radical (unpaired) electrons. The zero-order chi connectivity index (χ0) is 12.5. The first kappa shape index (κ1) is 14.5. The first-order chi connectivity index (χ1) is 8.26. The van der Waals surface area contributed by atoms with Crippen molar-refractivity contribution in [1.82, 2.24) is 0 Å². The second kappa shape index (κ2) is 8.54. The van der Waals surface area contributed by atoms with Gasteiger partial charge in [-0.3, -0.25) is 4.79 Å². The number of hydrogen-bond acceptors (Lipinski definition) is 2. The minimum absolute atomic E-state index is 0.00179. The summed E-state index contributed by atoms with van der Waals surface area (Å²) < 4.78 is 5.47. The van der Waals surface area contributed by atoms with Crippen molar-refractivity contribution < 1.29 is 9.53 Å². The van der Waals surface area contributed by atoms with Crippen molar-refractivity contribution in [2.75, 3.05) is 0 Å². The number of hydrogen-bond donors (Lipinski definition) is 0. The molecule has 0 saturated heterocycles. The van der Waals surface area contributed by atoms with E-state index < -0.39 is 0 Å². The fourth-order valence-electron chi connectivity index (χ4n) is 2.67. The molecule has 0 bridgehead atoms. The Morgan fingerprint density at radius 3 is 2.35 bits per heavy atom. The minimum atomic E-state index is 0.00179. The predicted molar refractivity (Wildman–Crippen MR) is 70.9 cm³/mol. The lowest BCUT2D eigenvalue weighted by Gasteiger charge is -2.28. The molecule has 0 spiro atoms. The van der Waals surface area contributed by atoms with Crippen LogP contribution in [0.2, 0.25) is 0 Å². The molecular weight excluding hydrogens is 212 g/mol. The average Bonchev–Trinajstić information content (AvgIpc) is 2.32. The highest BCUT2D eigenvalue weighted by Gasteiger charge is 2.23. The van der Waals surface area contributed by atoms with Gasteiger partial charge in [0.1, 0.15) is 6.10 Å². The van der Waals surface area contributed by atoms with E-state index in [2.05, 4.69) is 6.92 Å². The number of rotatable bonds is 7. The summed E-state index contributed by atoms with van der Waals surface area (Å²) in [6.45, 7) is 4.27. The molecule has 0 amide bonds. The molecule has 2 heteroatoms. The number of carbonyl (C=O) groups excluding carboxylic acids is 1. The standard InChI is InChI=1S/C15H28O2/c1-3-5-6-8-13-9-11-14(12-10-13)17-15(16)7-4-2/h13-14H,3-12H2,1-2H3. The van der Waals surface area contributed by atoms with Gasteiger partial charge in [-0.15, -0.1) is 0 Å². The van der Waals surface area contributed by atoms with Gasteiger partial charge in [0.25, 0.3) is 0 Å². The van der Waals surface area contributed by atoms with Gasteiger partial charge in [-0.1, -0.05) is 39.5 Å². The van der Waals surface area contributed by atoms with E-state index in [0.29, 0.717) is 6.42 Å². The molecule has 17 heavy (non-hydrogen) atoms. The molecule has 0 aromatic heterocycles. The van der Waals surface area contributed by atoms with E-state index >= 15 is 0 Å². The van der Waals surface area contributed by atoms with Crippen LogP contribution in [0.5, 0.6) is 0 Å². The van der Waals surface area contributed by atoms with Crippen LogP contribution < -0.4 is 0 Å². The second-order valence-electron chi connectivity index (χ2n) is 5.38. The lowest BCUT2D eigenvalue weighted by Crippen LogP contribution is -2.24. The lowest BCUT2D eigenvalue weighted by molar-refractivity contribution is -0.151. The van der Waals surface area contributed by atoms with Crippen molar-refractivity contribution in [1.29, 1.82) is 0 Å². The summed E-state index contributed by atoms with van der Waals surface area (Å²) in [6, 6.07) is 0. The molecule has 0 heterocycles. The summed E-state index contributed by atoms with van der Waals surface area (Å²) in [5, 5.41) is 0. The SMILES string of the molecule is CCCCCC1CCC(OC(=O)CCC)CC1. The van der Waals surface area contributed by atoms with Crippen LogP contribution in [0.15, 0.2) is 0 Å². The normalized spacial score (nSPS) is 24.6. The van der Waals surface area contributed by atoms with Crippen LogP contribution >= 0.6 is 0 Å². The first-order valence-electron chi connectivity index (χ1n) is 7.45. The van der Waals surface area contributed by atoms with Crippen molar-refractivity contribution in [3.63, 3.8) is 0 Å². The van der Waals surface area contributed by atoms with Crippen LogP contribution in [0.25, 0.3) is 0 Å². The van der Waals surface area contributed by atoms with Gasteiger partial charge in [-0.25, -0.2) is 0 Å². The molecule has 1 aliphatic rings. The Labute approximate surface area is 106 Å². The molecule has 0 aliphatic heterocycles. The molecule has 0 aromatic carbocycles. The summed E-state index contributed by atoms with van der Waals surface area (Å²) in [6.07, 6.45) is 11.8. The maximum absolute atomic E-state index is 11.4. The van der Waals surface area contributed by atoms with Gasteiger partial charge in [0, 0.05) is 6.42 Å². The fourth-order valence-corrected chi connectivity index (χ4v) is 2.67. The highest BCUT2D eigenvalue weighted by molar-refractivity contribution is 5.69. The Morgan fingerprint density at radius 1 is 1.06 bits per heavy atom. The quantitative estimate of drug-likeness (QED) is 0.485. The first-order valence-corrected chi connectivity index (χ1v) is 7.45. The lowest BCUT2D eigenvalue weighted by atomic mass is 9.84. The third-order valence-corrected chi connectivity index (χ3v) is 3.76. The monoisotopic (exact) mass is 240 g/mol. The highest BCUT2D eigenvalue weighted by Crippen LogP contribution is 2.30. The maximum Gasteiger partial charge on any atom is 0.306 e. The van der Waals surface area contributed by atoms with Crippen LogP contribution in [0.3, 0.4) is 0 Å². The van der Waals surface area contributed by atoms with E-state index in [1.54, 1.807) is 0 Å². The van der Waals surface area contributed by atoms with Gasteiger partial charge in [0.2, 0.25) is 0 Å². The smallest absolute Gasteiger partial charge is 0.306 e. The van der Waals surface area contributed by atoms with Crippen molar-refractivity contribution in [2.45, 2.75) is 84.2 Å². The predicted octanol–water partition coefficient (Wildman–Crippen LogP) is 4.47. The molecule has 1 aliphatic carbocycles. The number of esters is 1. The van der Waals surface area contributed by atoms with Crippen LogP contribution in [0.4, 0.5) is 0 Å².